The van der Waals surface area contributed by atoms with Crippen molar-refractivity contribution in [3.05, 3.63) is 95.2 Å². The van der Waals surface area contributed by atoms with Gasteiger partial charge in [-0.1, -0.05) is 24.3 Å². The van der Waals surface area contributed by atoms with Gasteiger partial charge in [0.05, 0.1) is 19.3 Å². The van der Waals surface area contributed by atoms with E-state index in [2.05, 4.69) is 11.4 Å². The number of para-hydroxylation sites is 1. The summed E-state index contributed by atoms with van der Waals surface area (Å²) in [5.74, 6) is 0.0363. The standard InChI is InChI=1S/C28H31FN4O2/c1-32(2)11-12-33(3)28(34)20-13-19(14-22(29)15-20)21-16-25-23(9-10-30-18-26(25)31-17-21)24-7-5-6-8-27(24)35-4/h5-10,13-17,23,30H,11-12,18H2,1-4H3. The summed E-state index contributed by atoms with van der Waals surface area (Å²) in [6.45, 7) is 1.87. The van der Waals surface area contributed by atoms with Gasteiger partial charge in [-0.25, -0.2) is 4.39 Å². The normalized spacial score (nSPS) is 14.7. The highest BCUT2D eigenvalue weighted by atomic mass is 19.1. The Bertz CT molecular complexity index is 1240. The van der Waals surface area contributed by atoms with Crippen molar-refractivity contribution in [3.8, 4) is 16.9 Å². The van der Waals surface area contributed by atoms with Crippen molar-refractivity contribution in [2.24, 2.45) is 0 Å². The summed E-state index contributed by atoms with van der Waals surface area (Å²) in [6.07, 6.45) is 5.75. The van der Waals surface area contributed by atoms with Gasteiger partial charge in [0.15, 0.2) is 0 Å². The molecule has 182 valence electrons. The van der Waals surface area contributed by atoms with Gasteiger partial charge in [-0.3, -0.25) is 9.78 Å². The number of hydrogen-bond donors (Lipinski definition) is 1. The summed E-state index contributed by atoms with van der Waals surface area (Å²) in [5.41, 5.74) is 4.62. The zero-order valence-corrected chi connectivity index (χ0v) is 20.6. The molecular weight excluding hydrogens is 443 g/mol. The van der Waals surface area contributed by atoms with Crippen molar-refractivity contribution in [3.63, 3.8) is 0 Å². The lowest BCUT2D eigenvalue weighted by Crippen LogP contribution is -2.33. The number of ether oxygens (including phenoxy) is 1. The highest BCUT2D eigenvalue weighted by Gasteiger charge is 2.22. The molecule has 1 atom stereocenters. The van der Waals surface area contributed by atoms with E-state index in [1.807, 2.05) is 55.5 Å². The molecule has 6 nitrogen and oxygen atoms in total. The number of hydrogen-bond acceptors (Lipinski definition) is 5. The summed E-state index contributed by atoms with van der Waals surface area (Å²) >= 11 is 0. The largest absolute Gasteiger partial charge is 0.496 e. The summed E-state index contributed by atoms with van der Waals surface area (Å²) in [6, 6.07) is 14.4. The third-order valence-corrected chi connectivity index (χ3v) is 6.20. The van der Waals surface area contributed by atoms with E-state index in [0.717, 1.165) is 34.7 Å². The van der Waals surface area contributed by atoms with Gasteiger partial charge in [0.1, 0.15) is 11.6 Å². The third-order valence-electron chi connectivity index (χ3n) is 6.20. The highest BCUT2D eigenvalue weighted by molar-refractivity contribution is 5.95. The van der Waals surface area contributed by atoms with E-state index in [9.17, 15) is 9.18 Å². The molecule has 0 spiro atoms. The quantitative estimate of drug-likeness (QED) is 0.554. The molecule has 3 aromatic rings. The van der Waals surface area contributed by atoms with Crippen molar-refractivity contribution in [2.45, 2.75) is 12.5 Å². The van der Waals surface area contributed by atoms with Crippen LogP contribution in [0.1, 0.15) is 33.1 Å². The van der Waals surface area contributed by atoms with Crippen LogP contribution in [0, 0.1) is 5.82 Å². The molecule has 1 aromatic heterocycles. The van der Waals surface area contributed by atoms with E-state index in [0.29, 0.717) is 24.2 Å². The number of rotatable bonds is 7. The molecule has 1 aliphatic heterocycles. The van der Waals surface area contributed by atoms with Gasteiger partial charge in [-0.15, -0.1) is 0 Å². The molecule has 0 saturated heterocycles. The Morgan fingerprint density at radius 1 is 1.09 bits per heavy atom. The molecule has 35 heavy (non-hydrogen) atoms. The van der Waals surface area contributed by atoms with Crippen LogP contribution in [0.2, 0.25) is 0 Å². The fourth-order valence-electron chi connectivity index (χ4n) is 4.25. The van der Waals surface area contributed by atoms with Crippen molar-refractivity contribution >= 4 is 5.91 Å². The maximum Gasteiger partial charge on any atom is 0.253 e. The topological polar surface area (TPSA) is 57.7 Å². The van der Waals surface area contributed by atoms with Crippen molar-refractivity contribution in [1.29, 1.82) is 0 Å². The average Bonchev–Trinajstić information content (AvgIpc) is 3.08. The number of methoxy groups -OCH3 is 1. The minimum absolute atomic E-state index is 0.0876. The predicted octanol–water partition coefficient (Wildman–Crippen LogP) is 4.28. The Morgan fingerprint density at radius 3 is 2.66 bits per heavy atom. The molecule has 0 aliphatic carbocycles. The van der Waals surface area contributed by atoms with Gasteiger partial charge >= 0.3 is 0 Å². The summed E-state index contributed by atoms with van der Waals surface area (Å²) in [5, 5.41) is 3.27. The molecule has 0 saturated carbocycles. The molecule has 1 amide bonds. The number of nitrogens with one attached hydrogen (secondary N) is 1. The number of halogens is 1. The minimum Gasteiger partial charge on any atom is -0.496 e. The Morgan fingerprint density at radius 2 is 1.89 bits per heavy atom. The number of benzene rings is 2. The molecule has 2 heterocycles. The second-order valence-corrected chi connectivity index (χ2v) is 8.98. The molecule has 1 N–H and O–H groups in total. The number of allylic oxidation sites excluding steroid dienone is 1. The number of nitrogens with zero attached hydrogens (tertiary/aromatic N) is 3. The maximum atomic E-state index is 14.7. The van der Waals surface area contributed by atoms with E-state index in [1.165, 1.54) is 12.1 Å². The Labute approximate surface area is 206 Å². The minimum atomic E-state index is -0.454. The summed E-state index contributed by atoms with van der Waals surface area (Å²) < 4.78 is 20.3. The second kappa shape index (κ2) is 10.7. The van der Waals surface area contributed by atoms with Crippen LogP contribution in [-0.4, -0.2) is 62.0 Å². The van der Waals surface area contributed by atoms with E-state index in [1.54, 1.807) is 31.3 Å². The first-order valence-electron chi connectivity index (χ1n) is 11.6. The molecule has 1 aliphatic rings. The van der Waals surface area contributed by atoms with Crippen molar-refractivity contribution in [2.75, 3.05) is 41.3 Å². The van der Waals surface area contributed by atoms with Crippen molar-refractivity contribution < 1.29 is 13.9 Å². The number of aromatic nitrogens is 1. The zero-order chi connectivity index (χ0) is 24.9. The number of carbonyl (C=O) groups excluding carboxylic acids is 1. The Hall–Kier alpha value is -3.71. The molecule has 0 bridgehead atoms. The van der Waals surface area contributed by atoms with Gasteiger partial charge in [0.2, 0.25) is 0 Å². The monoisotopic (exact) mass is 474 g/mol. The van der Waals surface area contributed by atoms with Crippen LogP contribution >= 0.6 is 0 Å². The number of likely N-dealkylation sites (N-methyl/N-ethyl adjacent to an activating group) is 2. The van der Waals surface area contributed by atoms with Gasteiger partial charge in [0, 0.05) is 48.9 Å². The van der Waals surface area contributed by atoms with Crippen LogP contribution in [0.3, 0.4) is 0 Å². The van der Waals surface area contributed by atoms with E-state index in [4.69, 9.17) is 9.72 Å². The molecule has 0 radical (unpaired) electrons. The summed E-state index contributed by atoms with van der Waals surface area (Å²) in [4.78, 5) is 21.3. The molecule has 1 unspecified atom stereocenters. The number of fused-ring (bicyclic) bond motifs is 1. The molecule has 2 aromatic carbocycles. The van der Waals surface area contributed by atoms with Crippen molar-refractivity contribution in [1.82, 2.24) is 20.1 Å². The predicted molar refractivity (Wildman–Crippen MR) is 136 cm³/mol. The number of amides is 1. The third kappa shape index (κ3) is 5.52. The highest BCUT2D eigenvalue weighted by Crippen LogP contribution is 2.37. The fraction of sp³-hybridized carbons (Fsp3) is 0.286. The summed E-state index contributed by atoms with van der Waals surface area (Å²) in [7, 11) is 7.30. The van der Waals surface area contributed by atoms with Crippen LogP contribution in [-0.2, 0) is 6.54 Å². The maximum absolute atomic E-state index is 14.7. The Balaban J connectivity index is 1.73. The van der Waals surface area contributed by atoms with E-state index in [-0.39, 0.29) is 11.8 Å². The van der Waals surface area contributed by atoms with Crippen LogP contribution in [0.25, 0.3) is 11.1 Å². The van der Waals surface area contributed by atoms with Gasteiger partial charge < -0.3 is 19.9 Å². The number of carbonyl (C=O) groups is 1. The van der Waals surface area contributed by atoms with Gasteiger partial charge in [-0.2, -0.15) is 0 Å². The average molecular weight is 475 g/mol. The van der Waals surface area contributed by atoms with Crippen LogP contribution < -0.4 is 10.1 Å². The molecular formula is C28H31FN4O2. The SMILES string of the molecule is COc1ccccc1C1C=CNCc2ncc(-c3cc(F)cc(C(=O)N(C)CCN(C)C)c3)cc21. The zero-order valence-electron chi connectivity index (χ0n) is 20.6. The van der Waals surface area contributed by atoms with E-state index >= 15 is 0 Å². The first-order chi connectivity index (χ1) is 16.9. The Kier molecular flexibility index (Phi) is 7.46. The van der Waals surface area contributed by atoms with Crippen LogP contribution in [0.4, 0.5) is 4.39 Å². The molecule has 4 rings (SSSR count). The smallest absolute Gasteiger partial charge is 0.253 e. The van der Waals surface area contributed by atoms with Gasteiger partial charge in [0.25, 0.3) is 5.91 Å². The number of pyridine rings is 1. The fourth-order valence-corrected chi connectivity index (χ4v) is 4.25. The first-order valence-corrected chi connectivity index (χ1v) is 11.6. The molecule has 0 fully saturated rings. The first kappa shape index (κ1) is 24.4. The lowest BCUT2D eigenvalue weighted by Gasteiger charge is -2.20. The van der Waals surface area contributed by atoms with Crippen LogP contribution in [0.5, 0.6) is 5.75 Å². The second-order valence-electron chi connectivity index (χ2n) is 8.98. The van der Waals surface area contributed by atoms with E-state index < -0.39 is 5.82 Å². The molecule has 7 heteroatoms. The lowest BCUT2D eigenvalue weighted by molar-refractivity contribution is 0.0786. The lowest BCUT2D eigenvalue weighted by atomic mass is 9.88. The van der Waals surface area contributed by atoms with Crippen LogP contribution in [0.15, 0.2) is 67.0 Å². The van der Waals surface area contributed by atoms with Gasteiger partial charge in [-0.05, 0) is 61.8 Å².